The van der Waals surface area contributed by atoms with E-state index in [1.54, 1.807) is 0 Å². The van der Waals surface area contributed by atoms with Gasteiger partial charge >= 0.3 is 16.1 Å². The molecule has 1 atom stereocenters. The Balaban J connectivity index is 3.30. The summed E-state index contributed by atoms with van der Waals surface area (Å²) in [5.41, 5.74) is -1.48. The number of ether oxygens (including phenoxy) is 1. The first-order chi connectivity index (χ1) is 11.9. The Labute approximate surface area is 154 Å². The van der Waals surface area contributed by atoms with Gasteiger partial charge in [0.25, 0.3) is 0 Å². The minimum Gasteiger partial charge on any atom is -0.444 e. The first kappa shape index (κ1) is 24.4. The van der Waals surface area contributed by atoms with Crippen molar-refractivity contribution in [1.82, 2.24) is 0 Å². The van der Waals surface area contributed by atoms with Crippen LogP contribution in [0, 0.1) is 0 Å². The molecule has 0 aliphatic heterocycles. The van der Waals surface area contributed by atoms with Gasteiger partial charge in [-0.15, -0.1) is 0 Å². The summed E-state index contributed by atoms with van der Waals surface area (Å²) in [4.78, 5) is 11.4. The molecule has 0 saturated heterocycles. The van der Waals surface area contributed by atoms with Crippen molar-refractivity contribution in [1.29, 1.82) is 0 Å². The molecule has 0 aromatic rings. The van der Waals surface area contributed by atoms with E-state index in [2.05, 4.69) is 11.7 Å². The molecule has 0 aromatic heterocycles. The molecule has 0 amide bonds. The van der Waals surface area contributed by atoms with Gasteiger partial charge in [-0.05, 0) is 13.3 Å². The third kappa shape index (κ3) is 16.6. The van der Waals surface area contributed by atoms with Crippen LogP contribution < -0.4 is 0 Å². The van der Waals surface area contributed by atoms with Crippen LogP contribution in [-0.2, 0) is 19.6 Å². The molecule has 25 heavy (non-hydrogen) atoms. The van der Waals surface area contributed by atoms with E-state index in [0.29, 0.717) is 6.42 Å². The van der Waals surface area contributed by atoms with E-state index in [9.17, 15) is 13.2 Å². The molecular formula is C19H38O5S. The van der Waals surface area contributed by atoms with Crippen molar-refractivity contribution in [3.8, 4) is 0 Å². The van der Waals surface area contributed by atoms with Gasteiger partial charge < -0.3 is 4.74 Å². The molecule has 0 radical (unpaired) electrons. The van der Waals surface area contributed by atoms with Crippen molar-refractivity contribution in [2.75, 3.05) is 0 Å². The average Bonchev–Trinajstić information content (AvgIpc) is 2.54. The predicted molar refractivity (Wildman–Crippen MR) is 102 cm³/mol. The van der Waals surface area contributed by atoms with Crippen LogP contribution in [-0.4, -0.2) is 24.4 Å². The molecule has 1 N–H and O–H groups in total. The number of carbonyl (C=O) groups excluding carboxylic acids is 1. The van der Waals surface area contributed by atoms with Crippen LogP contribution in [0.4, 0.5) is 0 Å². The summed E-state index contributed by atoms with van der Waals surface area (Å²) in [6.07, 6.45) is 17.6. The van der Waals surface area contributed by atoms with E-state index >= 15 is 0 Å². The average molecular weight is 379 g/mol. The Morgan fingerprint density at radius 1 is 0.800 bits per heavy atom. The molecule has 5 nitrogen and oxygen atoms in total. The second-order valence-electron chi connectivity index (χ2n) is 6.92. The van der Waals surface area contributed by atoms with Gasteiger partial charge in [-0.25, -0.2) is 0 Å². The standard InChI is InChI=1S/C19H38O5S/c1-3-4-5-6-7-8-9-10-11-12-13-14-15-16-17-19(20)24-18(2)25(21,22)23/h18H,3-17H2,1-2H3,(H,21,22,23). The zero-order chi connectivity index (χ0) is 19.0. The molecule has 0 aliphatic rings. The molecule has 0 bridgehead atoms. The monoisotopic (exact) mass is 378 g/mol. The van der Waals surface area contributed by atoms with Crippen LogP contribution in [0.1, 0.15) is 110 Å². The van der Waals surface area contributed by atoms with Crippen molar-refractivity contribution >= 4 is 16.1 Å². The normalized spacial score (nSPS) is 12.9. The highest BCUT2D eigenvalue weighted by Crippen LogP contribution is 2.13. The van der Waals surface area contributed by atoms with Gasteiger partial charge in [-0.3, -0.25) is 9.35 Å². The summed E-state index contributed by atoms with van der Waals surface area (Å²) in [6, 6.07) is 0. The fourth-order valence-corrected chi connectivity index (χ4v) is 3.00. The summed E-state index contributed by atoms with van der Waals surface area (Å²) >= 11 is 0. The zero-order valence-corrected chi connectivity index (χ0v) is 17.0. The summed E-state index contributed by atoms with van der Waals surface area (Å²) in [5, 5.41) is 0. The van der Waals surface area contributed by atoms with Gasteiger partial charge in [-0.2, -0.15) is 8.42 Å². The van der Waals surface area contributed by atoms with Crippen molar-refractivity contribution in [3.63, 3.8) is 0 Å². The van der Waals surface area contributed by atoms with Crippen LogP contribution in [0.25, 0.3) is 0 Å². The number of hydrogen-bond acceptors (Lipinski definition) is 4. The van der Waals surface area contributed by atoms with Gasteiger partial charge in [-0.1, -0.05) is 90.4 Å². The molecule has 0 rings (SSSR count). The minimum absolute atomic E-state index is 0.206. The Bertz CT molecular complexity index is 420. The highest BCUT2D eigenvalue weighted by molar-refractivity contribution is 7.86. The number of esters is 1. The summed E-state index contributed by atoms with van der Waals surface area (Å²) < 4.78 is 34.9. The minimum atomic E-state index is -4.30. The topological polar surface area (TPSA) is 80.7 Å². The van der Waals surface area contributed by atoms with Crippen LogP contribution in [0.5, 0.6) is 0 Å². The molecule has 1 unspecified atom stereocenters. The first-order valence-electron chi connectivity index (χ1n) is 10.0. The lowest BCUT2D eigenvalue weighted by Gasteiger charge is -2.09. The van der Waals surface area contributed by atoms with Gasteiger partial charge in [0.1, 0.15) is 0 Å². The lowest BCUT2D eigenvalue weighted by atomic mass is 10.0. The Morgan fingerprint density at radius 3 is 1.52 bits per heavy atom. The van der Waals surface area contributed by atoms with Crippen LogP contribution in [0.15, 0.2) is 0 Å². The Hall–Kier alpha value is -0.620. The number of rotatable bonds is 17. The smallest absolute Gasteiger partial charge is 0.307 e. The molecule has 0 aliphatic carbocycles. The highest BCUT2D eigenvalue weighted by Gasteiger charge is 2.21. The van der Waals surface area contributed by atoms with E-state index < -0.39 is 21.5 Å². The summed E-state index contributed by atoms with van der Waals surface area (Å²) in [7, 11) is -4.30. The highest BCUT2D eigenvalue weighted by atomic mass is 32.2. The van der Waals surface area contributed by atoms with Crippen molar-refractivity contribution < 1.29 is 22.5 Å². The van der Waals surface area contributed by atoms with Crippen molar-refractivity contribution in [2.45, 2.75) is 116 Å². The van der Waals surface area contributed by atoms with Gasteiger partial charge in [0.05, 0.1) is 0 Å². The van der Waals surface area contributed by atoms with Gasteiger partial charge in [0, 0.05) is 6.42 Å². The Morgan fingerprint density at radius 2 is 1.16 bits per heavy atom. The first-order valence-corrected chi connectivity index (χ1v) is 11.5. The van der Waals surface area contributed by atoms with E-state index in [4.69, 9.17) is 4.55 Å². The van der Waals surface area contributed by atoms with E-state index in [1.807, 2.05) is 0 Å². The second kappa shape index (κ2) is 15.6. The lowest BCUT2D eigenvalue weighted by molar-refractivity contribution is -0.145. The molecule has 0 spiro atoms. The zero-order valence-electron chi connectivity index (χ0n) is 16.2. The maximum atomic E-state index is 11.4. The molecule has 0 saturated carbocycles. The van der Waals surface area contributed by atoms with Gasteiger partial charge in [0.15, 0.2) is 0 Å². The largest absolute Gasteiger partial charge is 0.444 e. The molecule has 0 fully saturated rings. The maximum Gasteiger partial charge on any atom is 0.307 e. The maximum absolute atomic E-state index is 11.4. The Kier molecular flexibility index (Phi) is 15.2. The van der Waals surface area contributed by atoms with Crippen LogP contribution >= 0.6 is 0 Å². The number of hydrogen-bond donors (Lipinski definition) is 1. The number of unbranched alkanes of at least 4 members (excludes halogenated alkanes) is 13. The van der Waals surface area contributed by atoms with Crippen LogP contribution in [0.3, 0.4) is 0 Å². The summed E-state index contributed by atoms with van der Waals surface area (Å²) in [6.45, 7) is 3.40. The van der Waals surface area contributed by atoms with E-state index in [1.165, 1.54) is 70.6 Å². The van der Waals surface area contributed by atoms with Crippen LogP contribution in [0.2, 0.25) is 0 Å². The molecule has 0 aromatic carbocycles. The third-order valence-electron chi connectivity index (χ3n) is 4.45. The quantitative estimate of drug-likeness (QED) is 0.201. The second-order valence-corrected chi connectivity index (χ2v) is 8.61. The van der Waals surface area contributed by atoms with Gasteiger partial charge in [0.2, 0.25) is 5.44 Å². The van der Waals surface area contributed by atoms with Crippen molar-refractivity contribution in [2.24, 2.45) is 0 Å². The SMILES string of the molecule is CCCCCCCCCCCCCCCCC(=O)OC(C)S(=O)(=O)O. The van der Waals surface area contributed by atoms with E-state index in [0.717, 1.165) is 19.8 Å². The molecule has 6 heteroatoms. The summed E-state index contributed by atoms with van der Waals surface area (Å²) in [5.74, 6) is -0.566. The number of carbonyl (C=O) groups is 1. The molecule has 150 valence electrons. The fraction of sp³-hybridized carbons (Fsp3) is 0.947. The van der Waals surface area contributed by atoms with Crippen molar-refractivity contribution in [3.05, 3.63) is 0 Å². The van der Waals surface area contributed by atoms with E-state index in [-0.39, 0.29) is 6.42 Å². The third-order valence-corrected chi connectivity index (χ3v) is 5.39. The molecular weight excluding hydrogens is 340 g/mol. The molecule has 0 heterocycles. The fourth-order valence-electron chi connectivity index (χ4n) is 2.77. The predicted octanol–water partition coefficient (Wildman–Crippen LogP) is 5.63. The lowest BCUT2D eigenvalue weighted by Crippen LogP contribution is -2.23.